The van der Waals surface area contributed by atoms with Crippen molar-refractivity contribution in [2.75, 3.05) is 5.32 Å². The van der Waals surface area contributed by atoms with Crippen molar-refractivity contribution in [3.63, 3.8) is 0 Å². The lowest BCUT2D eigenvalue weighted by atomic mass is 9.95. The van der Waals surface area contributed by atoms with E-state index in [-0.39, 0.29) is 28.0 Å². The van der Waals surface area contributed by atoms with Crippen LogP contribution in [0.25, 0.3) is 27.7 Å². The summed E-state index contributed by atoms with van der Waals surface area (Å²) in [6.45, 7) is 5.42. The van der Waals surface area contributed by atoms with Gasteiger partial charge in [0.1, 0.15) is 17.3 Å². The highest BCUT2D eigenvalue weighted by atomic mass is 32.2. The van der Waals surface area contributed by atoms with E-state index >= 15 is 8.78 Å². The number of aromatic nitrogens is 5. The summed E-state index contributed by atoms with van der Waals surface area (Å²) < 4.78 is 59.6. The average Bonchev–Trinajstić information content (AvgIpc) is 3.40. The monoisotopic (exact) mass is 470 g/mol. The molecular formula is C22H20F2N6O2S. The predicted molar refractivity (Wildman–Crippen MR) is 119 cm³/mol. The number of hydrogen-bond donors (Lipinski definition) is 1. The van der Waals surface area contributed by atoms with Gasteiger partial charge in [-0.25, -0.2) is 17.2 Å². The van der Waals surface area contributed by atoms with E-state index in [4.69, 9.17) is 0 Å². The van der Waals surface area contributed by atoms with Crippen molar-refractivity contribution < 1.29 is 17.2 Å². The van der Waals surface area contributed by atoms with Gasteiger partial charge in [0.25, 0.3) is 10.0 Å². The summed E-state index contributed by atoms with van der Waals surface area (Å²) >= 11 is 0. The van der Waals surface area contributed by atoms with Crippen LogP contribution in [0.3, 0.4) is 0 Å². The molecule has 2 aliphatic rings. The fourth-order valence-corrected chi connectivity index (χ4v) is 6.18. The molecule has 33 heavy (non-hydrogen) atoms. The Morgan fingerprint density at radius 2 is 1.94 bits per heavy atom. The summed E-state index contributed by atoms with van der Waals surface area (Å²) in [5.41, 5.74) is -0.0293. The second kappa shape index (κ2) is 6.37. The fraction of sp³-hybridized carbons (Fsp3) is 0.318. The first-order chi connectivity index (χ1) is 15.6. The molecule has 8 nitrogen and oxygen atoms in total. The van der Waals surface area contributed by atoms with Gasteiger partial charge in [-0.2, -0.15) is 9.19 Å². The molecule has 2 aromatic carbocycles. The molecule has 6 rings (SSSR count). The minimum atomic E-state index is -3.65. The third kappa shape index (κ3) is 2.71. The minimum absolute atomic E-state index is 0.123. The molecular weight excluding hydrogens is 450 g/mol. The van der Waals surface area contributed by atoms with E-state index in [2.05, 4.69) is 20.6 Å². The molecule has 170 valence electrons. The summed E-state index contributed by atoms with van der Waals surface area (Å²) in [6, 6.07) is 5.98. The van der Waals surface area contributed by atoms with E-state index in [0.29, 0.717) is 29.9 Å². The van der Waals surface area contributed by atoms with Gasteiger partial charge in [-0.3, -0.25) is 4.57 Å². The first-order valence-corrected chi connectivity index (χ1v) is 12.1. The van der Waals surface area contributed by atoms with Gasteiger partial charge < -0.3 is 5.32 Å². The first kappa shape index (κ1) is 20.3. The number of fused-ring (bicyclic) bond motifs is 4. The maximum atomic E-state index is 16.1. The zero-order chi connectivity index (χ0) is 23.3. The lowest BCUT2D eigenvalue weighted by Crippen LogP contribution is -2.36. The van der Waals surface area contributed by atoms with Crippen molar-refractivity contribution in [2.24, 2.45) is 0 Å². The Bertz CT molecular complexity index is 1580. The number of benzene rings is 2. The Labute approximate surface area is 188 Å². The third-order valence-corrected chi connectivity index (χ3v) is 8.37. The van der Waals surface area contributed by atoms with Crippen molar-refractivity contribution in [1.29, 1.82) is 0 Å². The van der Waals surface area contributed by atoms with E-state index in [1.54, 1.807) is 29.7 Å². The Kier molecular flexibility index (Phi) is 3.92. The zero-order valence-corrected chi connectivity index (χ0v) is 18.9. The van der Waals surface area contributed by atoms with Crippen LogP contribution in [-0.2, 0) is 15.6 Å². The lowest BCUT2D eigenvalue weighted by Gasteiger charge is -2.34. The number of rotatable bonds is 3. The van der Waals surface area contributed by atoms with Crippen LogP contribution < -0.4 is 5.32 Å². The van der Waals surface area contributed by atoms with Crippen LogP contribution in [0.1, 0.15) is 38.3 Å². The third-order valence-electron chi connectivity index (χ3n) is 6.28. The number of anilines is 1. The van der Waals surface area contributed by atoms with Gasteiger partial charge in [-0.05, 0) is 45.2 Å². The van der Waals surface area contributed by atoms with Crippen molar-refractivity contribution >= 4 is 26.6 Å². The van der Waals surface area contributed by atoms with E-state index in [9.17, 15) is 8.42 Å². The molecule has 0 spiro atoms. The van der Waals surface area contributed by atoms with Gasteiger partial charge in [-0.15, -0.1) is 10.2 Å². The Morgan fingerprint density at radius 1 is 1.18 bits per heavy atom. The van der Waals surface area contributed by atoms with Gasteiger partial charge in [0.05, 0.1) is 33.8 Å². The predicted octanol–water partition coefficient (Wildman–Crippen LogP) is 3.87. The summed E-state index contributed by atoms with van der Waals surface area (Å²) in [5, 5.41) is 15.4. The van der Waals surface area contributed by atoms with E-state index in [1.807, 2.05) is 13.8 Å². The van der Waals surface area contributed by atoms with E-state index < -0.39 is 32.4 Å². The summed E-state index contributed by atoms with van der Waals surface area (Å²) in [6.07, 6.45) is 2.52. The second-order valence-electron chi connectivity index (χ2n) is 9.07. The highest BCUT2D eigenvalue weighted by Crippen LogP contribution is 2.43. The van der Waals surface area contributed by atoms with Gasteiger partial charge in [-0.1, -0.05) is 12.1 Å². The van der Waals surface area contributed by atoms with Crippen molar-refractivity contribution in [2.45, 2.75) is 44.4 Å². The Morgan fingerprint density at radius 3 is 2.67 bits per heavy atom. The standard InChI is InChI=1S/C22H20F2N6O2S/c1-11-27-28-21-22(2,3)26-16-9-15(23)18(19(24)20(16)29(11)21)13-5-4-6-17-14(13)10-25-30(17)33(31,32)12-7-8-12/h4-6,9-10,12,26H,7-8H2,1-3H3. The maximum absolute atomic E-state index is 16.1. The van der Waals surface area contributed by atoms with Gasteiger partial charge in [0, 0.05) is 11.5 Å². The molecule has 0 radical (unpaired) electrons. The fourth-order valence-electron chi connectivity index (χ4n) is 4.55. The van der Waals surface area contributed by atoms with Gasteiger partial charge >= 0.3 is 0 Å². The number of aryl methyl sites for hydroxylation is 1. The molecule has 1 fully saturated rings. The molecule has 0 bridgehead atoms. The lowest BCUT2D eigenvalue weighted by molar-refractivity contribution is 0.517. The van der Waals surface area contributed by atoms with Crippen molar-refractivity contribution in [3.8, 4) is 16.8 Å². The molecule has 1 saturated carbocycles. The van der Waals surface area contributed by atoms with Crippen LogP contribution in [0.4, 0.5) is 14.5 Å². The molecule has 1 aliphatic heterocycles. The van der Waals surface area contributed by atoms with Crippen LogP contribution in [0.5, 0.6) is 0 Å². The average molecular weight is 471 g/mol. The van der Waals surface area contributed by atoms with Crippen LogP contribution in [-0.4, -0.2) is 37.6 Å². The molecule has 11 heteroatoms. The number of halogens is 2. The topological polar surface area (TPSA) is 94.7 Å². The van der Waals surface area contributed by atoms with Crippen LogP contribution in [0, 0.1) is 18.6 Å². The first-order valence-electron chi connectivity index (χ1n) is 10.6. The smallest absolute Gasteiger partial charge is 0.257 e. The highest BCUT2D eigenvalue weighted by Gasteiger charge is 2.39. The molecule has 0 amide bonds. The maximum Gasteiger partial charge on any atom is 0.257 e. The minimum Gasteiger partial charge on any atom is -0.371 e. The molecule has 0 unspecified atom stereocenters. The van der Waals surface area contributed by atoms with Gasteiger partial charge in [0.15, 0.2) is 11.6 Å². The molecule has 1 aliphatic carbocycles. The van der Waals surface area contributed by atoms with E-state index in [1.165, 1.54) is 12.3 Å². The number of nitrogens with one attached hydrogen (secondary N) is 1. The molecule has 1 N–H and O–H groups in total. The summed E-state index contributed by atoms with van der Waals surface area (Å²) in [7, 11) is -3.65. The van der Waals surface area contributed by atoms with Crippen LogP contribution >= 0.6 is 0 Å². The van der Waals surface area contributed by atoms with Crippen molar-refractivity contribution in [1.82, 2.24) is 24.0 Å². The Balaban J connectivity index is 1.62. The van der Waals surface area contributed by atoms with Crippen LogP contribution in [0.15, 0.2) is 30.5 Å². The van der Waals surface area contributed by atoms with Crippen molar-refractivity contribution in [3.05, 3.63) is 53.7 Å². The molecule has 0 atom stereocenters. The van der Waals surface area contributed by atoms with E-state index in [0.717, 1.165) is 4.09 Å². The molecule has 2 aromatic heterocycles. The number of hydrogen-bond acceptors (Lipinski definition) is 6. The highest BCUT2D eigenvalue weighted by molar-refractivity contribution is 7.90. The second-order valence-corrected chi connectivity index (χ2v) is 11.1. The zero-order valence-electron chi connectivity index (χ0n) is 18.1. The molecule has 3 heterocycles. The quantitative estimate of drug-likeness (QED) is 0.489. The Hall–Kier alpha value is -3.34. The summed E-state index contributed by atoms with van der Waals surface area (Å²) in [4.78, 5) is 0. The largest absolute Gasteiger partial charge is 0.371 e. The summed E-state index contributed by atoms with van der Waals surface area (Å²) in [5.74, 6) is -0.583. The molecule has 4 aromatic rings. The number of nitrogens with zero attached hydrogens (tertiary/aromatic N) is 5. The molecule has 0 saturated heterocycles. The van der Waals surface area contributed by atoms with Crippen LogP contribution in [0.2, 0.25) is 0 Å². The van der Waals surface area contributed by atoms with Gasteiger partial charge in [0.2, 0.25) is 0 Å². The normalized spacial score (nSPS) is 17.0. The SMILES string of the molecule is Cc1nnc2n1-c1c(cc(F)c(-c3cccc4c3cnn4S(=O)(=O)C3CC3)c1F)NC2(C)C.